The quantitative estimate of drug-likeness (QED) is 0.685. The molecule has 0 aliphatic carbocycles. The summed E-state index contributed by atoms with van der Waals surface area (Å²) in [5, 5.41) is 8.04. The lowest BCUT2D eigenvalue weighted by atomic mass is 10.1. The SMILES string of the molecule is COCCOCCOc1nnc(C)c(C)c1CN. The third-order valence-corrected chi connectivity index (χ3v) is 2.65. The van der Waals surface area contributed by atoms with E-state index >= 15 is 0 Å². The van der Waals surface area contributed by atoms with Crippen molar-refractivity contribution in [2.24, 2.45) is 5.73 Å². The summed E-state index contributed by atoms with van der Waals surface area (Å²) < 4.78 is 15.7. The molecule has 18 heavy (non-hydrogen) atoms. The number of hydrogen-bond acceptors (Lipinski definition) is 6. The van der Waals surface area contributed by atoms with Gasteiger partial charge in [-0.3, -0.25) is 0 Å². The Kier molecular flexibility index (Phi) is 6.56. The summed E-state index contributed by atoms with van der Waals surface area (Å²) in [6.07, 6.45) is 0. The molecule has 0 aromatic carbocycles. The van der Waals surface area contributed by atoms with Gasteiger partial charge in [-0.05, 0) is 19.4 Å². The van der Waals surface area contributed by atoms with E-state index in [1.165, 1.54) is 0 Å². The molecule has 0 aliphatic heterocycles. The molecule has 6 heteroatoms. The van der Waals surface area contributed by atoms with Gasteiger partial charge in [-0.25, -0.2) is 0 Å². The van der Waals surface area contributed by atoms with Crippen LogP contribution in [0.25, 0.3) is 0 Å². The standard InChI is InChI=1S/C12H21N3O3/c1-9-10(2)14-15-12(11(9)8-13)18-7-6-17-5-4-16-3/h4-8,13H2,1-3H3. The van der Waals surface area contributed by atoms with Crippen molar-refractivity contribution in [2.45, 2.75) is 20.4 Å². The second kappa shape index (κ2) is 7.97. The maximum absolute atomic E-state index is 5.69. The lowest BCUT2D eigenvalue weighted by molar-refractivity contribution is 0.0533. The van der Waals surface area contributed by atoms with Crippen molar-refractivity contribution >= 4 is 0 Å². The number of rotatable bonds is 8. The molecule has 1 heterocycles. The summed E-state index contributed by atoms with van der Waals surface area (Å²) in [6.45, 7) is 6.31. The molecule has 6 nitrogen and oxygen atoms in total. The molecule has 102 valence electrons. The zero-order valence-corrected chi connectivity index (χ0v) is 11.2. The van der Waals surface area contributed by atoms with Crippen LogP contribution in [0.15, 0.2) is 0 Å². The van der Waals surface area contributed by atoms with Crippen molar-refractivity contribution in [1.29, 1.82) is 0 Å². The van der Waals surface area contributed by atoms with Crippen molar-refractivity contribution in [2.75, 3.05) is 33.5 Å². The highest BCUT2D eigenvalue weighted by atomic mass is 16.5. The lowest BCUT2D eigenvalue weighted by Crippen LogP contribution is -2.14. The van der Waals surface area contributed by atoms with Gasteiger partial charge in [0.25, 0.3) is 0 Å². The molecule has 0 spiro atoms. The van der Waals surface area contributed by atoms with Crippen molar-refractivity contribution < 1.29 is 14.2 Å². The summed E-state index contributed by atoms with van der Waals surface area (Å²) in [7, 11) is 1.64. The van der Waals surface area contributed by atoms with Crippen LogP contribution in [0.4, 0.5) is 0 Å². The largest absolute Gasteiger partial charge is 0.474 e. The molecule has 2 N–H and O–H groups in total. The molecular weight excluding hydrogens is 234 g/mol. The molecule has 0 bridgehead atoms. The normalized spacial score (nSPS) is 10.7. The van der Waals surface area contributed by atoms with Gasteiger partial charge in [0.1, 0.15) is 6.61 Å². The molecule has 0 saturated carbocycles. The van der Waals surface area contributed by atoms with E-state index in [9.17, 15) is 0 Å². The topological polar surface area (TPSA) is 79.5 Å². The summed E-state index contributed by atoms with van der Waals surface area (Å²) in [6, 6.07) is 0. The van der Waals surface area contributed by atoms with Crippen LogP contribution in [0.5, 0.6) is 5.88 Å². The molecular formula is C12H21N3O3. The maximum atomic E-state index is 5.69. The third-order valence-electron chi connectivity index (χ3n) is 2.65. The Morgan fingerprint density at radius 3 is 2.44 bits per heavy atom. The first-order valence-electron chi connectivity index (χ1n) is 5.93. The first-order chi connectivity index (χ1) is 8.70. The summed E-state index contributed by atoms with van der Waals surface area (Å²) in [5.74, 6) is 0.496. The van der Waals surface area contributed by atoms with E-state index in [1.807, 2.05) is 13.8 Å². The number of methoxy groups -OCH3 is 1. The van der Waals surface area contributed by atoms with E-state index in [0.29, 0.717) is 38.9 Å². The van der Waals surface area contributed by atoms with Crippen LogP contribution in [-0.4, -0.2) is 43.7 Å². The highest BCUT2D eigenvalue weighted by Gasteiger charge is 2.10. The van der Waals surface area contributed by atoms with E-state index in [2.05, 4.69) is 10.2 Å². The average molecular weight is 255 g/mol. The predicted molar refractivity (Wildman–Crippen MR) is 67.6 cm³/mol. The first-order valence-corrected chi connectivity index (χ1v) is 5.93. The second-order valence-corrected chi connectivity index (χ2v) is 3.85. The third kappa shape index (κ3) is 4.21. The van der Waals surface area contributed by atoms with Crippen molar-refractivity contribution in [1.82, 2.24) is 10.2 Å². The molecule has 0 amide bonds. The Morgan fingerprint density at radius 1 is 1.06 bits per heavy atom. The average Bonchev–Trinajstić information content (AvgIpc) is 2.38. The monoisotopic (exact) mass is 255 g/mol. The van der Waals surface area contributed by atoms with Crippen LogP contribution in [0.1, 0.15) is 16.8 Å². The smallest absolute Gasteiger partial charge is 0.238 e. The molecule has 1 aromatic heterocycles. The zero-order valence-electron chi connectivity index (χ0n) is 11.2. The van der Waals surface area contributed by atoms with Gasteiger partial charge >= 0.3 is 0 Å². The van der Waals surface area contributed by atoms with Crippen LogP contribution in [0.3, 0.4) is 0 Å². The van der Waals surface area contributed by atoms with E-state index in [-0.39, 0.29) is 0 Å². The van der Waals surface area contributed by atoms with E-state index in [4.69, 9.17) is 19.9 Å². The van der Waals surface area contributed by atoms with Gasteiger partial charge in [0.05, 0.1) is 25.5 Å². The first kappa shape index (κ1) is 14.8. The molecule has 1 aromatic rings. The lowest BCUT2D eigenvalue weighted by Gasteiger charge is -2.12. The van der Waals surface area contributed by atoms with Gasteiger partial charge in [-0.2, -0.15) is 5.10 Å². The number of ether oxygens (including phenoxy) is 3. The van der Waals surface area contributed by atoms with Crippen molar-refractivity contribution in [3.05, 3.63) is 16.8 Å². The van der Waals surface area contributed by atoms with Gasteiger partial charge in [0, 0.05) is 19.2 Å². The van der Waals surface area contributed by atoms with Gasteiger partial charge < -0.3 is 19.9 Å². The van der Waals surface area contributed by atoms with Crippen LogP contribution in [0, 0.1) is 13.8 Å². The predicted octanol–water partition coefficient (Wildman–Crippen LogP) is 0.594. The van der Waals surface area contributed by atoms with Gasteiger partial charge in [0.2, 0.25) is 5.88 Å². The minimum Gasteiger partial charge on any atom is -0.474 e. The van der Waals surface area contributed by atoms with Crippen LogP contribution < -0.4 is 10.5 Å². The van der Waals surface area contributed by atoms with E-state index < -0.39 is 0 Å². The minimum atomic E-state index is 0.391. The Labute approximate surface area is 107 Å². The second-order valence-electron chi connectivity index (χ2n) is 3.85. The van der Waals surface area contributed by atoms with Gasteiger partial charge in [-0.1, -0.05) is 0 Å². The van der Waals surface area contributed by atoms with Gasteiger partial charge in [-0.15, -0.1) is 5.10 Å². The van der Waals surface area contributed by atoms with Crippen LogP contribution in [-0.2, 0) is 16.0 Å². The van der Waals surface area contributed by atoms with Crippen molar-refractivity contribution in [3.63, 3.8) is 0 Å². The highest BCUT2D eigenvalue weighted by molar-refractivity contribution is 5.34. The number of nitrogens with two attached hydrogens (primary N) is 1. The highest BCUT2D eigenvalue weighted by Crippen LogP contribution is 2.19. The Balaban J connectivity index is 2.45. The molecule has 0 aliphatic rings. The molecule has 1 rings (SSSR count). The Bertz CT molecular complexity index is 372. The number of aryl methyl sites for hydroxylation is 1. The summed E-state index contributed by atoms with van der Waals surface area (Å²) >= 11 is 0. The Morgan fingerprint density at radius 2 is 1.78 bits per heavy atom. The fourth-order valence-electron chi connectivity index (χ4n) is 1.43. The Hall–Kier alpha value is -1.24. The number of aromatic nitrogens is 2. The molecule has 0 saturated heterocycles. The molecule has 0 unspecified atom stereocenters. The fraction of sp³-hybridized carbons (Fsp3) is 0.667. The van der Waals surface area contributed by atoms with Crippen LogP contribution in [0.2, 0.25) is 0 Å². The van der Waals surface area contributed by atoms with E-state index in [0.717, 1.165) is 16.8 Å². The number of hydrogen-bond donors (Lipinski definition) is 1. The minimum absolute atomic E-state index is 0.391. The van der Waals surface area contributed by atoms with Crippen molar-refractivity contribution in [3.8, 4) is 5.88 Å². The molecule has 0 atom stereocenters. The number of nitrogens with zero attached hydrogens (tertiary/aromatic N) is 2. The fourth-order valence-corrected chi connectivity index (χ4v) is 1.43. The van der Waals surface area contributed by atoms with E-state index in [1.54, 1.807) is 7.11 Å². The maximum Gasteiger partial charge on any atom is 0.238 e. The molecule has 0 radical (unpaired) electrons. The molecule has 0 fully saturated rings. The van der Waals surface area contributed by atoms with Gasteiger partial charge in [0.15, 0.2) is 0 Å². The van der Waals surface area contributed by atoms with Crippen LogP contribution >= 0.6 is 0 Å². The summed E-state index contributed by atoms with van der Waals surface area (Å²) in [4.78, 5) is 0. The summed E-state index contributed by atoms with van der Waals surface area (Å²) in [5.41, 5.74) is 8.50. The zero-order chi connectivity index (χ0) is 13.4.